The molecule has 0 saturated carbocycles. The van der Waals surface area contributed by atoms with E-state index in [2.05, 4.69) is 36.1 Å². The van der Waals surface area contributed by atoms with Gasteiger partial charge in [-0.25, -0.2) is 9.78 Å². The normalized spacial score (nSPS) is 21.9. The summed E-state index contributed by atoms with van der Waals surface area (Å²) in [5.41, 5.74) is 4.79. The minimum absolute atomic E-state index is 0.00217. The third-order valence-electron chi connectivity index (χ3n) is 7.62. The van der Waals surface area contributed by atoms with Crippen LogP contribution >= 0.6 is 11.8 Å². The molecule has 2 amide bonds. The molecular formula is C27H31N5O3S. The number of fused-ring (bicyclic) bond motifs is 4. The minimum Gasteiger partial charge on any atom is -0.443 e. The zero-order valence-corrected chi connectivity index (χ0v) is 21.9. The maximum absolute atomic E-state index is 13.7. The lowest BCUT2D eigenvalue weighted by Gasteiger charge is -2.38. The predicted molar refractivity (Wildman–Crippen MR) is 138 cm³/mol. The van der Waals surface area contributed by atoms with Crippen LogP contribution in [0.1, 0.15) is 59.9 Å². The van der Waals surface area contributed by atoms with Crippen molar-refractivity contribution in [3.8, 4) is 0 Å². The van der Waals surface area contributed by atoms with Crippen LogP contribution in [-0.2, 0) is 18.2 Å². The summed E-state index contributed by atoms with van der Waals surface area (Å²) in [7, 11) is 1.88. The number of hydrogen-bond acceptors (Lipinski definition) is 6. The van der Waals surface area contributed by atoms with Crippen LogP contribution in [0.15, 0.2) is 35.4 Å². The van der Waals surface area contributed by atoms with Crippen molar-refractivity contribution >= 4 is 34.8 Å². The lowest BCUT2D eigenvalue weighted by atomic mass is 9.98. The highest BCUT2D eigenvalue weighted by Gasteiger charge is 2.50. The quantitative estimate of drug-likeness (QED) is 0.486. The second kappa shape index (κ2) is 8.80. The highest BCUT2D eigenvalue weighted by atomic mass is 32.2. The number of aryl methyl sites for hydroxylation is 2. The fraction of sp³-hybridized carbons (Fsp3) is 0.481. The first-order valence-corrected chi connectivity index (χ1v) is 13.6. The largest absolute Gasteiger partial charge is 0.443 e. The summed E-state index contributed by atoms with van der Waals surface area (Å²) in [4.78, 5) is 36.0. The zero-order valence-electron chi connectivity index (χ0n) is 21.1. The minimum atomic E-state index is -0.221. The summed E-state index contributed by atoms with van der Waals surface area (Å²) in [5, 5.41) is 5.82. The Morgan fingerprint density at radius 1 is 1.19 bits per heavy atom. The van der Waals surface area contributed by atoms with Crippen molar-refractivity contribution in [2.45, 2.75) is 68.4 Å². The average molecular weight is 506 g/mol. The van der Waals surface area contributed by atoms with E-state index in [1.54, 1.807) is 22.6 Å². The van der Waals surface area contributed by atoms with Crippen LogP contribution in [0.25, 0.3) is 11.0 Å². The molecule has 0 N–H and O–H groups in total. The third kappa shape index (κ3) is 3.67. The maximum Gasteiger partial charge on any atom is 0.411 e. The van der Waals surface area contributed by atoms with Crippen molar-refractivity contribution in [3.05, 3.63) is 52.8 Å². The van der Waals surface area contributed by atoms with Crippen LogP contribution in [0, 0.1) is 6.92 Å². The summed E-state index contributed by atoms with van der Waals surface area (Å²) in [6.45, 7) is 7.43. The first-order valence-electron chi connectivity index (χ1n) is 12.7. The van der Waals surface area contributed by atoms with Gasteiger partial charge in [0.1, 0.15) is 6.10 Å². The Morgan fingerprint density at radius 2 is 1.94 bits per heavy atom. The summed E-state index contributed by atoms with van der Waals surface area (Å²) in [6.07, 6.45) is 3.63. The smallest absolute Gasteiger partial charge is 0.411 e. The number of rotatable bonds is 4. The molecule has 2 fully saturated rings. The second-order valence-electron chi connectivity index (χ2n) is 10.3. The van der Waals surface area contributed by atoms with Crippen LogP contribution in [0.5, 0.6) is 0 Å². The molecule has 0 unspecified atom stereocenters. The van der Waals surface area contributed by atoms with E-state index in [0.717, 1.165) is 40.9 Å². The summed E-state index contributed by atoms with van der Waals surface area (Å²) >= 11 is 1.69. The molecule has 9 heteroatoms. The summed E-state index contributed by atoms with van der Waals surface area (Å²) in [6, 6.07) is 8.36. The van der Waals surface area contributed by atoms with Crippen LogP contribution in [0.3, 0.4) is 0 Å². The van der Waals surface area contributed by atoms with Gasteiger partial charge in [0.25, 0.3) is 5.91 Å². The van der Waals surface area contributed by atoms with Gasteiger partial charge in [0.15, 0.2) is 5.65 Å². The molecule has 6 rings (SSSR count). The lowest BCUT2D eigenvalue weighted by Crippen LogP contribution is -2.48. The monoisotopic (exact) mass is 505 g/mol. The van der Waals surface area contributed by atoms with Crippen molar-refractivity contribution in [1.29, 1.82) is 0 Å². The van der Waals surface area contributed by atoms with Crippen LogP contribution < -0.4 is 0 Å². The number of thioether (sulfide) groups is 1. The predicted octanol–water partition coefficient (Wildman–Crippen LogP) is 4.50. The Morgan fingerprint density at radius 3 is 2.69 bits per heavy atom. The SMILES string of the molecule is Cc1nn(C)c2ncc(C(=O)N3CCC(N4C(=O)O[C@H]5Cc6ccccc6[C@H]54)CC3)c(SC(C)C)c12. The van der Waals surface area contributed by atoms with Crippen molar-refractivity contribution in [3.63, 3.8) is 0 Å². The summed E-state index contributed by atoms with van der Waals surface area (Å²) < 4.78 is 7.55. The number of nitrogens with zero attached hydrogens (tertiary/aromatic N) is 5. The van der Waals surface area contributed by atoms with Crippen LogP contribution in [-0.4, -0.2) is 67.0 Å². The Labute approximate surface area is 215 Å². The molecule has 8 nitrogen and oxygen atoms in total. The number of likely N-dealkylation sites (tertiary alicyclic amines) is 1. The Kier molecular flexibility index (Phi) is 5.70. The van der Waals surface area contributed by atoms with Crippen LogP contribution in [0.4, 0.5) is 4.79 Å². The standard InChI is InChI=1S/C27H31N5O3S/c1-15(2)36-24-20(14-28-25-22(24)16(3)29-30(25)4)26(33)31-11-9-18(10-12-31)32-23-19-8-6-5-7-17(19)13-21(23)35-27(32)34/h5-8,14-15,18,21,23H,9-13H2,1-4H3/t21-,23+/m0/s1. The fourth-order valence-electron chi connectivity index (χ4n) is 6.06. The number of amides is 2. The van der Waals surface area contributed by atoms with Gasteiger partial charge in [-0.3, -0.25) is 14.4 Å². The molecule has 1 aromatic carbocycles. The molecule has 188 valence electrons. The molecule has 36 heavy (non-hydrogen) atoms. The maximum atomic E-state index is 13.7. The molecule has 2 saturated heterocycles. The van der Waals surface area contributed by atoms with Gasteiger partial charge in [0, 0.05) is 48.9 Å². The molecule has 2 aromatic heterocycles. The lowest BCUT2D eigenvalue weighted by molar-refractivity contribution is 0.0632. The third-order valence-corrected chi connectivity index (χ3v) is 8.75. The Balaban J connectivity index is 1.23. The molecule has 0 radical (unpaired) electrons. The molecule has 2 aliphatic heterocycles. The van der Waals surface area contributed by atoms with Gasteiger partial charge in [-0.2, -0.15) is 5.10 Å². The van der Waals surface area contributed by atoms with Crippen LogP contribution in [0.2, 0.25) is 0 Å². The van der Waals surface area contributed by atoms with E-state index in [0.29, 0.717) is 23.9 Å². The van der Waals surface area contributed by atoms with Gasteiger partial charge in [-0.05, 0) is 30.9 Å². The van der Waals surface area contributed by atoms with Gasteiger partial charge < -0.3 is 9.64 Å². The van der Waals surface area contributed by atoms with E-state index in [9.17, 15) is 9.59 Å². The Bertz CT molecular complexity index is 1360. The number of hydrogen-bond donors (Lipinski definition) is 0. The van der Waals surface area contributed by atoms with E-state index in [1.807, 2.05) is 35.9 Å². The van der Waals surface area contributed by atoms with E-state index < -0.39 is 0 Å². The van der Waals surface area contributed by atoms with Gasteiger partial charge in [-0.15, -0.1) is 11.8 Å². The first kappa shape index (κ1) is 23.3. The Hall–Kier alpha value is -3.07. The number of piperidine rings is 1. The molecule has 4 heterocycles. The number of carbonyl (C=O) groups is 2. The van der Waals surface area contributed by atoms with E-state index >= 15 is 0 Å². The van der Waals surface area contributed by atoms with Gasteiger partial charge in [0.05, 0.1) is 22.7 Å². The fourth-order valence-corrected chi connectivity index (χ4v) is 7.15. The average Bonchev–Trinajstić information content (AvgIpc) is 3.47. The molecule has 3 aliphatic rings. The summed E-state index contributed by atoms with van der Waals surface area (Å²) in [5.74, 6) is 0.00217. The highest BCUT2D eigenvalue weighted by Crippen LogP contribution is 2.45. The highest BCUT2D eigenvalue weighted by molar-refractivity contribution is 8.00. The first-order chi connectivity index (χ1) is 17.3. The molecule has 2 atom stereocenters. The van der Waals surface area contributed by atoms with Gasteiger partial charge in [0.2, 0.25) is 0 Å². The molecule has 0 spiro atoms. The van der Waals surface area contributed by atoms with E-state index in [4.69, 9.17) is 4.74 Å². The van der Waals surface area contributed by atoms with Crippen molar-refractivity contribution in [1.82, 2.24) is 24.6 Å². The van der Waals surface area contributed by atoms with Crippen molar-refractivity contribution in [2.75, 3.05) is 13.1 Å². The van der Waals surface area contributed by atoms with E-state index in [1.165, 1.54) is 11.1 Å². The number of pyridine rings is 1. The van der Waals surface area contributed by atoms with Crippen molar-refractivity contribution < 1.29 is 14.3 Å². The van der Waals surface area contributed by atoms with Crippen molar-refractivity contribution in [2.24, 2.45) is 7.05 Å². The second-order valence-corrected chi connectivity index (χ2v) is 11.9. The molecule has 3 aromatic rings. The molecule has 0 bridgehead atoms. The number of aromatic nitrogens is 3. The number of ether oxygens (including phenoxy) is 1. The van der Waals surface area contributed by atoms with Gasteiger partial charge in [-0.1, -0.05) is 38.1 Å². The number of carbonyl (C=O) groups excluding carboxylic acids is 2. The van der Waals surface area contributed by atoms with E-state index in [-0.39, 0.29) is 30.2 Å². The van der Waals surface area contributed by atoms with Gasteiger partial charge >= 0.3 is 6.09 Å². The molecule has 1 aliphatic carbocycles. The molecular weight excluding hydrogens is 474 g/mol. The zero-order chi connectivity index (χ0) is 25.1. The number of benzene rings is 1. The topological polar surface area (TPSA) is 80.6 Å².